The van der Waals surface area contributed by atoms with Crippen molar-refractivity contribution in [1.82, 2.24) is 5.32 Å². The van der Waals surface area contributed by atoms with Crippen LogP contribution >= 0.6 is 0 Å². The fraction of sp³-hybridized carbons (Fsp3) is 0.778. The molecule has 0 radical (unpaired) electrons. The molecular weight excluding hydrogens is 326 g/mol. The van der Waals surface area contributed by atoms with Crippen LogP contribution in [0.4, 0.5) is 0 Å². The molecule has 0 aliphatic heterocycles. The summed E-state index contributed by atoms with van der Waals surface area (Å²) >= 11 is 0. The van der Waals surface area contributed by atoms with Crippen LogP contribution in [0.3, 0.4) is 0 Å². The number of carbonyl (C=O) groups is 4. The van der Waals surface area contributed by atoms with Crippen LogP contribution in [0, 0.1) is 5.92 Å². The molecule has 0 saturated heterocycles. The van der Waals surface area contributed by atoms with Crippen molar-refractivity contribution < 1.29 is 28.7 Å². The molecule has 144 valence electrons. The Morgan fingerprint density at radius 3 is 2.08 bits per heavy atom. The second-order valence-electron chi connectivity index (χ2n) is 7.18. The van der Waals surface area contributed by atoms with E-state index in [2.05, 4.69) is 10.1 Å². The zero-order valence-electron chi connectivity index (χ0n) is 16.1. The summed E-state index contributed by atoms with van der Waals surface area (Å²) in [5.41, 5.74) is -0.599. The van der Waals surface area contributed by atoms with E-state index < -0.39 is 23.5 Å². The van der Waals surface area contributed by atoms with Crippen molar-refractivity contribution in [3.63, 3.8) is 0 Å². The molecule has 0 spiro atoms. The minimum absolute atomic E-state index is 0.0126. The Morgan fingerprint density at radius 2 is 1.56 bits per heavy atom. The molecule has 25 heavy (non-hydrogen) atoms. The zero-order valence-corrected chi connectivity index (χ0v) is 16.1. The average molecular weight is 357 g/mol. The molecule has 1 N–H and O–H groups in total. The first-order chi connectivity index (χ1) is 11.5. The molecule has 0 aromatic rings. The predicted octanol–water partition coefficient (Wildman–Crippen LogP) is 2.16. The number of ketones is 1. The average Bonchev–Trinajstić information content (AvgIpc) is 2.49. The van der Waals surface area contributed by atoms with Crippen molar-refractivity contribution in [3.05, 3.63) is 0 Å². The van der Waals surface area contributed by atoms with Crippen LogP contribution in [-0.2, 0) is 28.7 Å². The summed E-state index contributed by atoms with van der Waals surface area (Å²) in [5, 5.41) is 2.62. The fourth-order valence-corrected chi connectivity index (χ4v) is 2.02. The van der Waals surface area contributed by atoms with E-state index in [0.717, 1.165) is 0 Å². The van der Waals surface area contributed by atoms with Crippen molar-refractivity contribution >= 4 is 23.6 Å². The first-order valence-corrected chi connectivity index (χ1v) is 8.58. The van der Waals surface area contributed by atoms with Crippen molar-refractivity contribution in [1.29, 1.82) is 0 Å². The summed E-state index contributed by atoms with van der Waals surface area (Å²) in [4.78, 5) is 46.8. The molecule has 0 heterocycles. The number of carbonyl (C=O) groups excluding carboxylic acids is 4. The van der Waals surface area contributed by atoms with Gasteiger partial charge in [-0.05, 0) is 40.5 Å². The molecule has 0 rings (SSSR count). The zero-order chi connectivity index (χ0) is 19.6. The van der Waals surface area contributed by atoms with Crippen molar-refractivity contribution in [2.75, 3.05) is 7.11 Å². The third-order valence-electron chi connectivity index (χ3n) is 3.44. The van der Waals surface area contributed by atoms with E-state index in [4.69, 9.17) is 4.74 Å². The SMILES string of the molecule is COC(=O)CCCCC(=O)N[C@@H](C)C(=O)C[C@H](C)C(=O)OC(C)(C)C. The van der Waals surface area contributed by atoms with Gasteiger partial charge in [-0.3, -0.25) is 19.2 Å². The molecule has 0 aromatic heterocycles. The molecule has 0 aliphatic rings. The quantitative estimate of drug-likeness (QED) is 0.475. The fourth-order valence-electron chi connectivity index (χ4n) is 2.02. The smallest absolute Gasteiger partial charge is 0.309 e. The number of esters is 2. The Hall–Kier alpha value is -1.92. The van der Waals surface area contributed by atoms with Crippen LogP contribution in [0.25, 0.3) is 0 Å². The van der Waals surface area contributed by atoms with Crippen molar-refractivity contribution in [2.45, 2.75) is 78.4 Å². The maximum atomic E-state index is 12.1. The Balaban J connectivity index is 4.18. The number of rotatable bonds is 10. The molecule has 1 amide bonds. The summed E-state index contributed by atoms with van der Waals surface area (Å²) in [6.45, 7) is 8.53. The van der Waals surface area contributed by atoms with Crippen LogP contribution in [0.1, 0.15) is 66.7 Å². The number of amides is 1. The first-order valence-electron chi connectivity index (χ1n) is 8.58. The topological polar surface area (TPSA) is 98.8 Å². The third-order valence-corrected chi connectivity index (χ3v) is 3.44. The van der Waals surface area contributed by atoms with Gasteiger partial charge in [0.25, 0.3) is 0 Å². The Kier molecular flexibility index (Phi) is 10.0. The third kappa shape index (κ3) is 11.3. The number of unbranched alkanes of at least 4 members (excludes halogenated alkanes) is 1. The highest BCUT2D eigenvalue weighted by Gasteiger charge is 2.26. The van der Waals surface area contributed by atoms with E-state index >= 15 is 0 Å². The molecule has 0 aromatic carbocycles. The van der Waals surface area contributed by atoms with E-state index in [1.807, 2.05) is 0 Å². The highest BCUT2D eigenvalue weighted by atomic mass is 16.6. The van der Waals surface area contributed by atoms with Gasteiger partial charge in [0.15, 0.2) is 5.78 Å². The monoisotopic (exact) mass is 357 g/mol. The minimum Gasteiger partial charge on any atom is -0.469 e. The van der Waals surface area contributed by atoms with E-state index in [9.17, 15) is 19.2 Å². The second-order valence-corrected chi connectivity index (χ2v) is 7.18. The van der Waals surface area contributed by atoms with Crippen molar-refractivity contribution in [2.24, 2.45) is 5.92 Å². The van der Waals surface area contributed by atoms with Gasteiger partial charge in [-0.2, -0.15) is 0 Å². The summed E-state index contributed by atoms with van der Waals surface area (Å²) in [6.07, 6.45) is 1.61. The Labute approximate surface area is 149 Å². The number of ether oxygens (including phenoxy) is 2. The lowest BCUT2D eigenvalue weighted by atomic mass is 10.0. The van der Waals surface area contributed by atoms with Crippen LogP contribution < -0.4 is 5.32 Å². The maximum absolute atomic E-state index is 12.1. The Bertz CT molecular complexity index is 480. The van der Waals surface area contributed by atoms with Crippen LogP contribution in [0.2, 0.25) is 0 Å². The minimum atomic E-state index is -0.669. The predicted molar refractivity (Wildman–Crippen MR) is 92.7 cm³/mol. The van der Waals surface area contributed by atoms with Gasteiger partial charge in [0, 0.05) is 19.3 Å². The number of Topliss-reactive ketones (excluding diaryl/α,β-unsaturated/α-hetero) is 1. The standard InChI is InChI=1S/C18H31NO6/c1-12(17(23)25-18(3,4)5)11-14(20)13(2)19-15(21)9-7-8-10-16(22)24-6/h12-13H,7-11H2,1-6H3,(H,19,21)/t12-,13-/m0/s1. The maximum Gasteiger partial charge on any atom is 0.309 e. The van der Waals surface area contributed by atoms with Gasteiger partial charge < -0.3 is 14.8 Å². The van der Waals surface area contributed by atoms with Gasteiger partial charge >= 0.3 is 11.9 Å². The first kappa shape index (κ1) is 23.1. The highest BCUT2D eigenvalue weighted by Crippen LogP contribution is 2.14. The van der Waals surface area contributed by atoms with Crippen LogP contribution in [-0.4, -0.2) is 42.4 Å². The normalized spacial score (nSPS) is 13.5. The Morgan fingerprint density at radius 1 is 1.00 bits per heavy atom. The van der Waals surface area contributed by atoms with E-state index in [1.165, 1.54) is 7.11 Å². The number of hydrogen-bond donors (Lipinski definition) is 1. The van der Waals surface area contributed by atoms with Gasteiger partial charge in [-0.25, -0.2) is 0 Å². The van der Waals surface area contributed by atoms with Gasteiger partial charge in [0.1, 0.15) is 5.60 Å². The molecule has 0 saturated carbocycles. The lowest BCUT2D eigenvalue weighted by Crippen LogP contribution is -2.40. The molecule has 7 nitrogen and oxygen atoms in total. The largest absolute Gasteiger partial charge is 0.469 e. The van der Waals surface area contributed by atoms with E-state index in [0.29, 0.717) is 12.8 Å². The lowest BCUT2D eigenvalue weighted by Gasteiger charge is -2.22. The molecule has 0 fully saturated rings. The van der Waals surface area contributed by atoms with Crippen LogP contribution in [0.5, 0.6) is 0 Å². The number of hydrogen-bond acceptors (Lipinski definition) is 6. The molecule has 0 bridgehead atoms. The van der Waals surface area contributed by atoms with E-state index in [-0.39, 0.29) is 36.9 Å². The summed E-state index contributed by atoms with van der Waals surface area (Å²) in [7, 11) is 1.32. The van der Waals surface area contributed by atoms with Crippen molar-refractivity contribution in [3.8, 4) is 0 Å². The van der Waals surface area contributed by atoms with E-state index in [1.54, 1.807) is 34.6 Å². The molecule has 0 aliphatic carbocycles. The van der Waals surface area contributed by atoms with Gasteiger partial charge in [-0.1, -0.05) is 6.92 Å². The summed E-state index contributed by atoms with van der Waals surface area (Å²) in [6, 6.07) is -0.669. The molecule has 7 heteroatoms. The second kappa shape index (κ2) is 10.8. The van der Waals surface area contributed by atoms with Crippen LogP contribution in [0.15, 0.2) is 0 Å². The van der Waals surface area contributed by atoms with Gasteiger partial charge in [-0.15, -0.1) is 0 Å². The molecular formula is C18H31NO6. The summed E-state index contributed by atoms with van der Waals surface area (Å²) in [5.74, 6) is -1.77. The lowest BCUT2D eigenvalue weighted by molar-refractivity contribution is -0.160. The highest BCUT2D eigenvalue weighted by molar-refractivity contribution is 5.91. The molecule has 0 unspecified atom stereocenters. The summed E-state index contributed by atoms with van der Waals surface area (Å²) < 4.78 is 9.76. The number of nitrogens with one attached hydrogen (secondary N) is 1. The van der Waals surface area contributed by atoms with Gasteiger partial charge in [0.05, 0.1) is 19.1 Å². The molecule has 2 atom stereocenters. The number of methoxy groups -OCH3 is 1. The van der Waals surface area contributed by atoms with Gasteiger partial charge in [0.2, 0.25) is 5.91 Å².